The summed E-state index contributed by atoms with van der Waals surface area (Å²) >= 11 is 0. The molecule has 0 aromatic rings. The topological polar surface area (TPSA) is 29.5 Å². The number of ether oxygens (including phenoxy) is 1. The molecule has 0 saturated carbocycles. The zero-order valence-corrected chi connectivity index (χ0v) is 8.05. The average molecular weight is 229 g/mol. The predicted octanol–water partition coefficient (Wildman–Crippen LogP) is 1.13. The summed E-state index contributed by atoms with van der Waals surface area (Å²) in [6, 6.07) is -0.601. The molecule has 1 atom stereocenters. The van der Waals surface area contributed by atoms with Gasteiger partial charge in [0.1, 0.15) is 0 Å². The van der Waals surface area contributed by atoms with E-state index in [9.17, 15) is 22.4 Å². The number of alkyl halides is 4. The molecule has 3 nitrogen and oxygen atoms in total. The Morgan fingerprint density at radius 1 is 1.53 bits per heavy atom. The summed E-state index contributed by atoms with van der Waals surface area (Å²) in [6.45, 7) is 1.57. The number of rotatable bonds is 2. The first-order valence-corrected chi connectivity index (χ1v) is 4.42. The third kappa shape index (κ3) is 2.39. The quantitative estimate of drug-likeness (QED) is 0.664. The molecule has 1 fully saturated rings. The second kappa shape index (κ2) is 4.34. The van der Waals surface area contributed by atoms with Crippen LogP contribution in [0.15, 0.2) is 0 Å². The van der Waals surface area contributed by atoms with Crippen molar-refractivity contribution in [3.05, 3.63) is 0 Å². The first-order chi connectivity index (χ1) is 6.87. The minimum absolute atomic E-state index is 0.0810. The largest absolute Gasteiger partial charge is 0.383 e. The Balaban J connectivity index is 2.74. The van der Waals surface area contributed by atoms with Gasteiger partial charge in [0.05, 0.1) is 19.3 Å². The van der Waals surface area contributed by atoms with E-state index in [0.29, 0.717) is 0 Å². The van der Waals surface area contributed by atoms with Gasteiger partial charge in [-0.05, 0) is 6.92 Å². The Kier molecular flexibility index (Phi) is 3.54. The lowest BCUT2D eigenvalue weighted by Crippen LogP contribution is -2.55. The van der Waals surface area contributed by atoms with Crippen LogP contribution in [0.25, 0.3) is 0 Å². The number of carbonyl (C=O) groups excluding carboxylic acids is 1. The van der Waals surface area contributed by atoms with Crippen LogP contribution in [0.3, 0.4) is 0 Å². The van der Waals surface area contributed by atoms with Crippen molar-refractivity contribution in [1.82, 2.24) is 4.90 Å². The molecule has 0 bridgehead atoms. The zero-order valence-electron chi connectivity index (χ0n) is 8.05. The molecule has 1 amide bonds. The molecule has 1 saturated heterocycles. The highest BCUT2D eigenvalue weighted by molar-refractivity contribution is 5.84. The summed E-state index contributed by atoms with van der Waals surface area (Å²) in [7, 11) is 0. The first-order valence-electron chi connectivity index (χ1n) is 4.42. The Morgan fingerprint density at radius 3 is 2.60 bits per heavy atom. The Morgan fingerprint density at radius 2 is 2.13 bits per heavy atom. The van der Waals surface area contributed by atoms with Crippen molar-refractivity contribution in [3.8, 4) is 0 Å². The number of nitrogens with zero attached hydrogens (tertiary/aromatic N) is 1. The monoisotopic (exact) mass is 229 g/mol. The van der Waals surface area contributed by atoms with E-state index in [2.05, 4.69) is 0 Å². The fraction of sp³-hybridized carbons (Fsp3) is 0.875. The summed E-state index contributed by atoms with van der Waals surface area (Å²) < 4.78 is 54.2. The van der Waals surface area contributed by atoms with E-state index in [0.717, 1.165) is 4.90 Å². The van der Waals surface area contributed by atoms with Gasteiger partial charge in [0.25, 0.3) is 5.91 Å². The third-order valence-corrected chi connectivity index (χ3v) is 2.19. The fourth-order valence-electron chi connectivity index (χ4n) is 1.31. The van der Waals surface area contributed by atoms with E-state index in [4.69, 9.17) is 4.74 Å². The van der Waals surface area contributed by atoms with Crippen LogP contribution in [0.4, 0.5) is 17.6 Å². The highest BCUT2D eigenvalue weighted by atomic mass is 19.3. The van der Waals surface area contributed by atoms with Gasteiger partial charge in [0.15, 0.2) is 0 Å². The predicted molar refractivity (Wildman–Crippen MR) is 42.9 cm³/mol. The van der Waals surface area contributed by atoms with Gasteiger partial charge >= 0.3 is 12.3 Å². The number of carbonyl (C=O) groups is 1. The van der Waals surface area contributed by atoms with Gasteiger partial charge in [-0.15, -0.1) is 0 Å². The van der Waals surface area contributed by atoms with Gasteiger partial charge in [-0.2, -0.15) is 8.78 Å². The van der Waals surface area contributed by atoms with E-state index in [1.165, 1.54) is 6.92 Å². The zero-order chi connectivity index (χ0) is 11.6. The second-order valence-corrected chi connectivity index (χ2v) is 3.35. The number of halogens is 4. The molecule has 0 spiro atoms. The van der Waals surface area contributed by atoms with E-state index in [1.54, 1.807) is 0 Å². The van der Waals surface area contributed by atoms with Crippen LogP contribution >= 0.6 is 0 Å². The molecule has 0 N–H and O–H groups in total. The summed E-state index contributed by atoms with van der Waals surface area (Å²) in [5.74, 6) is -6.43. The van der Waals surface area contributed by atoms with Crippen LogP contribution in [-0.2, 0) is 9.53 Å². The molecule has 15 heavy (non-hydrogen) atoms. The molecule has 1 aliphatic heterocycles. The maximum absolute atomic E-state index is 12.7. The van der Waals surface area contributed by atoms with Crippen molar-refractivity contribution in [2.45, 2.75) is 25.3 Å². The van der Waals surface area contributed by atoms with Crippen LogP contribution in [-0.4, -0.2) is 49.0 Å². The molecule has 1 heterocycles. The van der Waals surface area contributed by atoms with Crippen LogP contribution in [0.2, 0.25) is 0 Å². The molecule has 0 radical (unpaired) electrons. The summed E-state index contributed by atoms with van der Waals surface area (Å²) in [5, 5.41) is 0. The molecule has 7 heteroatoms. The molecule has 0 aromatic carbocycles. The lowest BCUT2D eigenvalue weighted by atomic mass is 10.2. The van der Waals surface area contributed by atoms with Crippen molar-refractivity contribution in [2.75, 3.05) is 19.8 Å². The van der Waals surface area contributed by atoms with Gasteiger partial charge in [0, 0.05) is 6.54 Å². The van der Waals surface area contributed by atoms with Crippen molar-refractivity contribution in [2.24, 2.45) is 0 Å². The van der Waals surface area contributed by atoms with Gasteiger partial charge in [-0.3, -0.25) is 4.79 Å². The lowest BCUT2D eigenvalue weighted by molar-refractivity contribution is -0.187. The highest BCUT2D eigenvalue weighted by Gasteiger charge is 2.52. The molecule has 0 aromatic heterocycles. The average Bonchev–Trinajstić information content (AvgIpc) is 2.17. The Hall–Kier alpha value is -0.850. The van der Waals surface area contributed by atoms with Crippen molar-refractivity contribution >= 4 is 5.91 Å². The molecule has 0 unspecified atom stereocenters. The van der Waals surface area contributed by atoms with Gasteiger partial charge in [-0.1, -0.05) is 0 Å². The lowest BCUT2D eigenvalue weighted by Gasteiger charge is -2.35. The molecule has 1 rings (SSSR count). The number of morpholine rings is 1. The Labute approximate surface area is 84.0 Å². The molecular weight excluding hydrogens is 218 g/mol. The van der Waals surface area contributed by atoms with E-state index < -0.39 is 24.3 Å². The first kappa shape index (κ1) is 12.2. The maximum Gasteiger partial charge on any atom is 0.383 e. The maximum atomic E-state index is 12.7. The van der Waals surface area contributed by atoms with Crippen LogP contribution < -0.4 is 0 Å². The van der Waals surface area contributed by atoms with E-state index >= 15 is 0 Å². The minimum atomic E-state index is -4.61. The van der Waals surface area contributed by atoms with Crippen LogP contribution in [0, 0.1) is 0 Å². The van der Waals surface area contributed by atoms with E-state index in [1.807, 2.05) is 0 Å². The number of amides is 1. The summed E-state index contributed by atoms with van der Waals surface area (Å²) in [4.78, 5) is 11.8. The minimum Gasteiger partial charge on any atom is -0.377 e. The van der Waals surface area contributed by atoms with Crippen molar-refractivity contribution in [1.29, 1.82) is 0 Å². The normalized spacial score (nSPS) is 23.3. The Bertz CT molecular complexity index is 247. The second-order valence-electron chi connectivity index (χ2n) is 3.35. The third-order valence-electron chi connectivity index (χ3n) is 2.19. The van der Waals surface area contributed by atoms with Crippen molar-refractivity contribution < 1.29 is 27.1 Å². The molecule has 88 valence electrons. The highest BCUT2D eigenvalue weighted by Crippen LogP contribution is 2.26. The van der Waals surface area contributed by atoms with Crippen molar-refractivity contribution in [3.63, 3.8) is 0 Å². The summed E-state index contributed by atoms with van der Waals surface area (Å²) in [5.41, 5.74) is 0. The van der Waals surface area contributed by atoms with Gasteiger partial charge < -0.3 is 9.64 Å². The van der Waals surface area contributed by atoms with Gasteiger partial charge in [0.2, 0.25) is 0 Å². The smallest absolute Gasteiger partial charge is 0.377 e. The molecular formula is C8H11F4NO2. The summed E-state index contributed by atoms with van der Waals surface area (Å²) in [6.07, 6.45) is -3.97. The SMILES string of the molecule is C[C@@H]1COCCN1C(=O)C(F)(F)C(F)F. The van der Waals surface area contributed by atoms with Crippen LogP contribution in [0.5, 0.6) is 0 Å². The molecule has 1 aliphatic rings. The van der Waals surface area contributed by atoms with E-state index in [-0.39, 0.29) is 19.8 Å². The fourth-order valence-corrected chi connectivity index (χ4v) is 1.31. The standard InChI is InChI=1S/C8H11F4NO2/c1-5-4-15-3-2-13(5)7(14)8(11,12)6(9)10/h5-6H,2-4H2,1H3/t5-/m1/s1. The van der Waals surface area contributed by atoms with Gasteiger partial charge in [-0.25, -0.2) is 8.78 Å². The number of hydrogen-bond acceptors (Lipinski definition) is 2. The van der Waals surface area contributed by atoms with Crippen LogP contribution in [0.1, 0.15) is 6.92 Å². The number of hydrogen-bond donors (Lipinski definition) is 0. The molecule has 0 aliphatic carbocycles.